The van der Waals surface area contributed by atoms with E-state index >= 15 is 0 Å². The van der Waals surface area contributed by atoms with Gasteiger partial charge in [0.2, 0.25) is 0 Å². The fourth-order valence-electron chi connectivity index (χ4n) is 4.38. The van der Waals surface area contributed by atoms with E-state index in [1.807, 2.05) is 24.3 Å². The largest absolute Gasteiger partial charge is 0.480 e. The van der Waals surface area contributed by atoms with Crippen molar-refractivity contribution in [1.82, 2.24) is 9.47 Å². The highest BCUT2D eigenvalue weighted by molar-refractivity contribution is 5.72. The van der Waals surface area contributed by atoms with Gasteiger partial charge < -0.3 is 9.67 Å². The maximum absolute atomic E-state index is 11.6. The van der Waals surface area contributed by atoms with Crippen molar-refractivity contribution in [3.8, 4) is 0 Å². The lowest BCUT2D eigenvalue weighted by Crippen LogP contribution is -2.32. The number of carboxylic acid groups (broad SMARTS) is 1. The van der Waals surface area contributed by atoms with Crippen LogP contribution in [0.1, 0.15) is 41.5 Å². The number of hydrogen-bond donors (Lipinski definition) is 1. The summed E-state index contributed by atoms with van der Waals surface area (Å²) in [5.74, 6) is -0.119. The van der Waals surface area contributed by atoms with E-state index in [2.05, 4.69) is 59.5 Å². The lowest BCUT2D eigenvalue weighted by atomic mass is 9.89. The molecule has 1 aliphatic rings. The monoisotopic (exact) mass is 414 g/mol. The van der Waals surface area contributed by atoms with Crippen LogP contribution in [0.4, 0.5) is 0 Å². The number of nitrogens with zero attached hydrogens (tertiary/aromatic N) is 2. The summed E-state index contributed by atoms with van der Waals surface area (Å²) >= 11 is 0. The van der Waals surface area contributed by atoms with E-state index in [0.29, 0.717) is 12.3 Å². The minimum Gasteiger partial charge on any atom is -0.480 e. The molecule has 1 fully saturated rings. The van der Waals surface area contributed by atoms with Gasteiger partial charge in [0.15, 0.2) is 0 Å². The number of likely N-dealkylation sites (tertiary alicyclic amines) is 1. The van der Waals surface area contributed by atoms with Gasteiger partial charge in [0.25, 0.3) is 0 Å². The van der Waals surface area contributed by atoms with E-state index in [1.54, 1.807) is 17.0 Å². The molecule has 2 heterocycles. The van der Waals surface area contributed by atoms with Crippen LogP contribution < -0.4 is 0 Å². The lowest BCUT2D eigenvalue weighted by molar-refractivity contribution is -0.140. The number of aliphatic carboxylic acids is 1. The van der Waals surface area contributed by atoms with Crippen LogP contribution in [0.15, 0.2) is 85.2 Å². The highest BCUT2D eigenvalue weighted by Crippen LogP contribution is 2.27. The summed E-state index contributed by atoms with van der Waals surface area (Å²) in [5, 5.41) is 9.55. The van der Waals surface area contributed by atoms with Gasteiger partial charge in [-0.1, -0.05) is 66.7 Å². The Morgan fingerprint density at radius 1 is 0.968 bits per heavy atom. The Bertz CT molecular complexity index is 970. The third kappa shape index (κ3) is 5.74. The van der Waals surface area contributed by atoms with Crippen molar-refractivity contribution in [2.45, 2.75) is 31.2 Å². The van der Waals surface area contributed by atoms with E-state index in [1.165, 1.54) is 18.4 Å². The Hall–Kier alpha value is -3.11. The zero-order chi connectivity index (χ0) is 21.5. The molecule has 0 amide bonds. The number of benzene rings is 2. The molecular weight excluding hydrogens is 384 g/mol. The maximum Gasteiger partial charge on any atom is 0.327 e. The van der Waals surface area contributed by atoms with E-state index < -0.39 is 12.0 Å². The second-order valence-corrected chi connectivity index (χ2v) is 8.32. The van der Waals surface area contributed by atoms with Crippen LogP contribution in [0.5, 0.6) is 0 Å². The summed E-state index contributed by atoms with van der Waals surface area (Å²) in [6, 6.07) is 22.2. The molecule has 160 valence electrons. The molecule has 4 rings (SSSR count). The molecule has 1 atom stereocenters. The molecule has 3 aromatic rings. The summed E-state index contributed by atoms with van der Waals surface area (Å²) in [6.45, 7) is 3.25. The van der Waals surface area contributed by atoms with Crippen molar-refractivity contribution < 1.29 is 9.90 Å². The number of hydrogen-bond acceptors (Lipinski definition) is 2. The SMILES string of the molecule is O=C(O)[C@H](Cc1ccc(C=CCN2CCC(c3ccccc3)CC2)cc1)n1cccc1. The van der Waals surface area contributed by atoms with Gasteiger partial charge in [0.05, 0.1) is 0 Å². The minimum absolute atomic E-state index is 0.477. The number of piperidine rings is 1. The predicted octanol–water partition coefficient (Wildman–Crippen LogP) is 5.25. The lowest BCUT2D eigenvalue weighted by Gasteiger charge is -2.31. The van der Waals surface area contributed by atoms with Crippen LogP contribution in [0.2, 0.25) is 0 Å². The first-order chi connectivity index (χ1) is 15.2. The molecule has 31 heavy (non-hydrogen) atoms. The molecular formula is C27H30N2O2. The third-order valence-electron chi connectivity index (χ3n) is 6.21. The second-order valence-electron chi connectivity index (χ2n) is 8.32. The Balaban J connectivity index is 1.26. The van der Waals surface area contributed by atoms with Gasteiger partial charge in [0, 0.05) is 25.4 Å². The van der Waals surface area contributed by atoms with Gasteiger partial charge in [0.1, 0.15) is 6.04 Å². The quantitative estimate of drug-likeness (QED) is 0.548. The molecule has 0 saturated carbocycles. The number of carboxylic acids is 1. The van der Waals surface area contributed by atoms with Gasteiger partial charge in [-0.05, 0) is 60.7 Å². The van der Waals surface area contributed by atoms with E-state index in [-0.39, 0.29) is 0 Å². The molecule has 0 aliphatic carbocycles. The summed E-state index contributed by atoms with van der Waals surface area (Å²) < 4.78 is 1.75. The molecule has 4 heteroatoms. The molecule has 1 saturated heterocycles. The Morgan fingerprint density at radius 2 is 1.65 bits per heavy atom. The summed E-state index contributed by atoms with van der Waals surface area (Å²) in [7, 11) is 0. The Morgan fingerprint density at radius 3 is 2.29 bits per heavy atom. The molecule has 0 unspecified atom stereocenters. The van der Waals surface area contributed by atoms with Crippen molar-refractivity contribution in [1.29, 1.82) is 0 Å². The molecule has 1 N–H and O–H groups in total. The highest BCUT2D eigenvalue weighted by Gasteiger charge is 2.20. The fraction of sp³-hybridized carbons (Fsp3) is 0.296. The third-order valence-corrected chi connectivity index (χ3v) is 6.21. The van der Waals surface area contributed by atoms with Crippen molar-refractivity contribution in [2.75, 3.05) is 19.6 Å². The smallest absolute Gasteiger partial charge is 0.327 e. The molecule has 4 nitrogen and oxygen atoms in total. The Labute approximate surface area is 184 Å². The first-order valence-electron chi connectivity index (χ1n) is 11.1. The van der Waals surface area contributed by atoms with Gasteiger partial charge in [-0.2, -0.15) is 0 Å². The summed E-state index contributed by atoms with van der Waals surface area (Å²) in [4.78, 5) is 14.1. The molecule has 2 aromatic carbocycles. The normalized spacial score (nSPS) is 16.5. The van der Waals surface area contributed by atoms with Crippen LogP contribution in [-0.4, -0.2) is 40.2 Å². The average molecular weight is 415 g/mol. The van der Waals surface area contributed by atoms with Crippen molar-refractivity contribution in [2.24, 2.45) is 0 Å². The summed E-state index contributed by atoms with van der Waals surface area (Å²) in [6.07, 6.45) is 10.9. The fourth-order valence-corrected chi connectivity index (χ4v) is 4.38. The number of carbonyl (C=O) groups is 1. The van der Waals surface area contributed by atoms with Crippen LogP contribution in [-0.2, 0) is 11.2 Å². The number of rotatable bonds is 8. The predicted molar refractivity (Wildman–Crippen MR) is 125 cm³/mol. The molecule has 1 aromatic heterocycles. The van der Waals surface area contributed by atoms with Crippen molar-refractivity contribution in [3.63, 3.8) is 0 Å². The zero-order valence-corrected chi connectivity index (χ0v) is 17.8. The van der Waals surface area contributed by atoms with Crippen molar-refractivity contribution >= 4 is 12.0 Å². The minimum atomic E-state index is -0.809. The van der Waals surface area contributed by atoms with E-state index in [4.69, 9.17) is 0 Å². The Kier molecular flexibility index (Phi) is 7.00. The zero-order valence-electron chi connectivity index (χ0n) is 17.8. The van der Waals surface area contributed by atoms with Gasteiger partial charge >= 0.3 is 5.97 Å². The maximum atomic E-state index is 11.6. The average Bonchev–Trinajstić information content (AvgIpc) is 3.34. The molecule has 0 spiro atoms. The van der Waals surface area contributed by atoms with E-state index in [0.717, 1.165) is 30.8 Å². The van der Waals surface area contributed by atoms with E-state index in [9.17, 15) is 9.90 Å². The summed E-state index contributed by atoms with van der Waals surface area (Å²) in [5.41, 5.74) is 3.65. The molecule has 0 bridgehead atoms. The van der Waals surface area contributed by atoms with Crippen molar-refractivity contribution in [3.05, 3.63) is 102 Å². The van der Waals surface area contributed by atoms with Crippen LogP contribution in [0.25, 0.3) is 6.08 Å². The molecule has 0 radical (unpaired) electrons. The van der Waals surface area contributed by atoms with Gasteiger partial charge in [-0.25, -0.2) is 4.79 Å². The first kappa shape index (κ1) is 21.1. The van der Waals surface area contributed by atoms with Gasteiger partial charge in [-0.3, -0.25) is 4.90 Å². The second kappa shape index (κ2) is 10.3. The highest BCUT2D eigenvalue weighted by atomic mass is 16.4. The van der Waals surface area contributed by atoms with Crippen LogP contribution in [0, 0.1) is 0 Å². The standard InChI is InChI=1S/C27H30N2O2/c30-27(31)26(29-17-4-5-18-29)21-23-12-10-22(11-13-23)7-6-16-28-19-14-25(15-20-28)24-8-2-1-3-9-24/h1-13,17-18,25-26H,14-16,19-21H2,(H,30,31)/t26-/m0/s1. The topological polar surface area (TPSA) is 45.5 Å². The van der Waals surface area contributed by atoms with Gasteiger partial charge in [-0.15, -0.1) is 0 Å². The van der Waals surface area contributed by atoms with Crippen LogP contribution in [0.3, 0.4) is 0 Å². The number of aromatic nitrogens is 1. The van der Waals surface area contributed by atoms with Crippen LogP contribution >= 0.6 is 0 Å². The first-order valence-corrected chi connectivity index (χ1v) is 11.1. The molecule has 1 aliphatic heterocycles.